The van der Waals surface area contributed by atoms with Crippen molar-refractivity contribution in [3.05, 3.63) is 101 Å². The first-order valence-corrected chi connectivity index (χ1v) is 14.0. The van der Waals surface area contributed by atoms with Crippen LogP contribution in [0.15, 0.2) is 70.8 Å². The van der Waals surface area contributed by atoms with Gasteiger partial charge in [0.05, 0.1) is 24.7 Å². The zero-order valence-corrected chi connectivity index (χ0v) is 23.8. The summed E-state index contributed by atoms with van der Waals surface area (Å²) in [4.78, 5) is 16.7. The van der Waals surface area contributed by atoms with Crippen LogP contribution in [0.3, 0.4) is 0 Å². The third-order valence-corrected chi connectivity index (χ3v) is 7.90. The second-order valence-corrected chi connectivity index (χ2v) is 10.6. The van der Waals surface area contributed by atoms with Gasteiger partial charge in [0, 0.05) is 40.4 Å². The van der Waals surface area contributed by atoms with Crippen LogP contribution in [0.4, 0.5) is 13.2 Å². The number of aliphatic hydroxyl groups is 1. The van der Waals surface area contributed by atoms with Gasteiger partial charge in [-0.1, -0.05) is 37.7 Å². The van der Waals surface area contributed by atoms with Crippen molar-refractivity contribution in [3.8, 4) is 11.4 Å². The number of nitrogens with zero attached hydrogens (tertiary/aromatic N) is 2. The van der Waals surface area contributed by atoms with Crippen molar-refractivity contribution in [2.24, 2.45) is 0 Å². The fourth-order valence-corrected chi connectivity index (χ4v) is 5.51. The van der Waals surface area contributed by atoms with Gasteiger partial charge in [0.25, 0.3) is 0 Å². The summed E-state index contributed by atoms with van der Waals surface area (Å²) in [5.74, 6) is -2.10. The van der Waals surface area contributed by atoms with Crippen LogP contribution in [0.5, 0.6) is 5.75 Å². The Kier molecular flexibility index (Phi) is 10.3. The van der Waals surface area contributed by atoms with Gasteiger partial charge in [-0.2, -0.15) is 0 Å². The van der Waals surface area contributed by atoms with Crippen molar-refractivity contribution in [1.82, 2.24) is 9.55 Å². The Labute approximate surface area is 234 Å². The number of aromatic nitrogens is 2. The number of hydrogen-bond donors (Lipinski definition) is 1. The first-order valence-electron chi connectivity index (χ1n) is 11.8. The summed E-state index contributed by atoms with van der Waals surface area (Å²) in [6, 6.07) is 14.7. The van der Waals surface area contributed by atoms with Crippen LogP contribution in [0.1, 0.15) is 41.0 Å². The number of ether oxygens (including phenoxy) is 1. The molecule has 0 radical (unpaired) electrons. The van der Waals surface area contributed by atoms with E-state index in [1.807, 2.05) is 29.0 Å². The van der Waals surface area contributed by atoms with E-state index < -0.39 is 22.9 Å². The number of thioether (sulfide) groups is 2. The molecule has 206 valence electrons. The van der Waals surface area contributed by atoms with Gasteiger partial charge in [-0.05, 0) is 48.2 Å². The molecule has 1 aromatic heterocycles. The molecule has 0 amide bonds. The highest BCUT2D eigenvalue weighted by Gasteiger charge is 2.30. The molecule has 5 nitrogen and oxygen atoms in total. The number of carbonyl (C=O) groups is 1. The molecule has 0 aliphatic heterocycles. The first kappa shape index (κ1) is 30.3. The number of benzene rings is 3. The second kappa shape index (κ2) is 13.2. The van der Waals surface area contributed by atoms with E-state index in [0.717, 1.165) is 47.2 Å². The summed E-state index contributed by atoms with van der Waals surface area (Å²) in [6.07, 6.45) is 4.14. The zero-order valence-electron chi connectivity index (χ0n) is 22.2. The van der Waals surface area contributed by atoms with E-state index >= 15 is 0 Å². The topological polar surface area (TPSA) is 64.3 Å². The van der Waals surface area contributed by atoms with Crippen LogP contribution in [0.2, 0.25) is 0 Å². The third-order valence-electron chi connectivity index (χ3n) is 6.20. The largest absolute Gasteiger partial charge is 0.494 e. The number of hydrogen-bond acceptors (Lipinski definition) is 6. The molecule has 0 spiro atoms. The summed E-state index contributed by atoms with van der Waals surface area (Å²) < 4.78 is 50.4. The minimum Gasteiger partial charge on any atom is -0.494 e. The van der Waals surface area contributed by atoms with E-state index in [1.54, 1.807) is 30.1 Å². The smallest absolute Gasteiger partial charge is 0.173 e. The molecule has 1 N–H and O–H groups in total. The molecule has 3 aromatic carbocycles. The standard InChI is InChI=1S/C28H25F3N2O2S2.CH4O/c1-28(2,18-6-5-7-20(12-18)36-4)26-14-32-27(33(26)19-8-9-22(29)25(13-19)35-3)37-16-21-23(30)10-17(15-34)11-24(21)31;1-2/h5-15H,16H2,1-4H3;2H,1H3. The van der Waals surface area contributed by atoms with E-state index in [-0.39, 0.29) is 22.6 Å². The molecule has 0 atom stereocenters. The molecule has 0 aliphatic carbocycles. The molecule has 39 heavy (non-hydrogen) atoms. The quantitative estimate of drug-likeness (QED) is 0.171. The van der Waals surface area contributed by atoms with Crippen LogP contribution in [0.25, 0.3) is 5.69 Å². The van der Waals surface area contributed by atoms with Gasteiger partial charge in [-0.25, -0.2) is 18.2 Å². The lowest BCUT2D eigenvalue weighted by Crippen LogP contribution is -2.23. The minimum atomic E-state index is -0.800. The Balaban J connectivity index is 0.00000205. The van der Waals surface area contributed by atoms with Crippen LogP contribution in [-0.4, -0.2) is 41.4 Å². The molecule has 4 aromatic rings. The van der Waals surface area contributed by atoms with E-state index in [9.17, 15) is 18.0 Å². The summed E-state index contributed by atoms with van der Waals surface area (Å²) >= 11 is 2.78. The van der Waals surface area contributed by atoms with Crippen LogP contribution < -0.4 is 4.74 Å². The van der Waals surface area contributed by atoms with Gasteiger partial charge in [0.15, 0.2) is 16.7 Å². The zero-order chi connectivity index (χ0) is 28.7. The number of carbonyl (C=O) groups excluding carboxylic acids is 1. The van der Waals surface area contributed by atoms with Gasteiger partial charge in [0.1, 0.15) is 17.9 Å². The Morgan fingerprint density at radius 3 is 2.33 bits per heavy atom. The van der Waals surface area contributed by atoms with Crippen LogP contribution in [-0.2, 0) is 11.2 Å². The molecule has 4 rings (SSSR count). The Bertz CT molecular complexity index is 1430. The number of halogens is 3. The number of imidazole rings is 1. The summed E-state index contributed by atoms with van der Waals surface area (Å²) in [5.41, 5.74) is 1.70. The lowest BCUT2D eigenvalue weighted by Gasteiger charge is -2.28. The summed E-state index contributed by atoms with van der Waals surface area (Å²) in [6.45, 7) is 4.12. The Hall–Kier alpha value is -3.21. The molecule has 0 saturated carbocycles. The second-order valence-electron chi connectivity index (χ2n) is 8.81. The normalized spacial score (nSPS) is 11.1. The highest BCUT2D eigenvalue weighted by molar-refractivity contribution is 7.98. The molecule has 10 heteroatoms. The molecule has 0 unspecified atom stereocenters. The van der Waals surface area contributed by atoms with Crippen molar-refractivity contribution in [3.63, 3.8) is 0 Å². The van der Waals surface area contributed by atoms with E-state index in [4.69, 9.17) is 9.84 Å². The van der Waals surface area contributed by atoms with Crippen molar-refractivity contribution in [1.29, 1.82) is 0 Å². The van der Waals surface area contributed by atoms with E-state index in [2.05, 4.69) is 24.9 Å². The van der Waals surface area contributed by atoms with Gasteiger partial charge < -0.3 is 9.84 Å². The number of rotatable bonds is 9. The van der Waals surface area contributed by atoms with Gasteiger partial charge >= 0.3 is 0 Å². The predicted molar refractivity (Wildman–Crippen MR) is 150 cm³/mol. The third kappa shape index (κ3) is 6.51. The lowest BCUT2D eigenvalue weighted by atomic mass is 9.81. The van der Waals surface area contributed by atoms with Crippen molar-refractivity contribution < 1.29 is 27.8 Å². The van der Waals surface area contributed by atoms with Crippen molar-refractivity contribution in [2.45, 2.75) is 35.1 Å². The monoisotopic (exact) mass is 574 g/mol. The molecular formula is C29H29F3N2O3S2. The maximum absolute atomic E-state index is 14.6. The lowest BCUT2D eigenvalue weighted by molar-refractivity contribution is 0.112. The molecule has 0 fully saturated rings. The number of aldehydes is 1. The van der Waals surface area contributed by atoms with E-state index in [1.165, 1.54) is 13.2 Å². The fraction of sp³-hybridized carbons (Fsp3) is 0.241. The molecular weight excluding hydrogens is 545 g/mol. The van der Waals surface area contributed by atoms with E-state index in [0.29, 0.717) is 17.1 Å². The van der Waals surface area contributed by atoms with Gasteiger partial charge in [-0.15, -0.1) is 11.8 Å². The van der Waals surface area contributed by atoms with Crippen molar-refractivity contribution >= 4 is 29.8 Å². The SMILES string of the molecule is CO.COc1cc(-n2c(C(C)(C)c3cccc(SC)c3)cnc2SCc2c(F)cc(C=O)cc2F)ccc1F. The van der Waals surface area contributed by atoms with Crippen LogP contribution >= 0.6 is 23.5 Å². The average Bonchev–Trinajstić information content (AvgIpc) is 3.38. The van der Waals surface area contributed by atoms with Gasteiger partial charge in [0.2, 0.25) is 0 Å². The minimum absolute atomic E-state index is 0.0615. The molecule has 0 bridgehead atoms. The average molecular weight is 575 g/mol. The van der Waals surface area contributed by atoms with Gasteiger partial charge in [-0.3, -0.25) is 9.36 Å². The Morgan fingerprint density at radius 1 is 1.03 bits per heavy atom. The number of methoxy groups -OCH3 is 1. The first-order chi connectivity index (χ1) is 18.7. The highest BCUT2D eigenvalue weighted by atomic mass is 32.2. The fourth-order valence-electron chi connectivity index (χ4n) is 4.04. The molecule has 1 heterocycles. The maximum atomic E-state index is 14.6. The van der Waals surface area contributed by atoms with Crippen LogP contribution in [0, 0.1) is 17.5 Å². The number of aliphatic hydroxyl groups excluding tert-OH is 1. The Morgan fingerprint density at radius 2 is 1.72 bits per heavy atom. The molecule has 0 saturated heterocycles. The maximum Gasteiger partial charge on any atom is 0.173 e. The van der Waals surface area contributed by atoms with Crippen molar-refractivity contribution in [2.75, 3.05) is 20.5 Å². The predicted octanol–water partition coefficient (Wildman–Crippen LogP) is 7.06. The summed E-state index contributed by atoms with van der Waals surface area (Å²) in [7, 11) is 2.39. The highest BCUT2D eigenvalue weighted by Crippen LogP contribution is 2.38. The molecule has 0 aliphatic rings. The summed E-state index contributed by atoms with van der Waals surface area (Å²) in [5, 5.41) is 7.47.